The predicted octanol–water partition coefficient (Wildman–Crippen LogP) is 5.53. The standard InChI is InChI=1S/C24H30ClFN6/c1-4-10-32-14-21(17-6-7-20(26)19(25)13-17)30-23(32)16-8-11-31(12-9-16)24-18(5-2)22(27-3)28-15-29-24/h6-7,13-16H,4-5,8-12H2,1-3H3,(H,27,28,29). The first kappa shape index (κ1) is 22.5. The Kier molecular flexibility index (Phi) is 6.94. The van der Waals surface area contributed by atoms with Gasteiger partial charge in [0.1, 0.15) is 29.6 Å². The van der Waals surface area contributed by atoms with E-state index in [2.05, 4.69) is 44.8 Å². The average molecular weight is 457 g/mol. The quantitative estimate of drug-likeness (QED) is 0.506. The maximum Gasteiger partial charge on any atom is 0.141 e. The van der Waals surface area contributed by atoms with Crippen molar-refractivity contribution in [3.63, 3.8) is 0 Å². The molecule has 0 saturated carbocycles. The molecule has 1 aliphatic heterocycles. The van der Waals surface area contributed by atoms with E-state index in [-0.39, 0.29) is 5.02 Å². The molecule has 6 nitrogen and oxygen atoms in total. The van der Waals surface area contributed by atoms with E-state index in [0.717, 1.165) is 79.6 Å². The summed E-state index contributed by atoms with van der Waals surface area (Å²) in [6, 6.07) is 4.80. The highest BCUT2D eigenvalue weighted by molar-refractivity contribution is 6.31. The minimum atomic E-state index is -0.409. The Bertz CT molecular complexity index is 1070. The first-order valence-corrected chi connectivity index (χ1v) is 11.7. The van der Waals surface area contributed by atoms with Crippen LogP contribution in [0.2, 0.25) is 5.02 Å². The van der Waals surface area contributed by atoms with E-state index in [1.165, 1.54) is 6.07 Å². The summed E-state index contributed by atoms with van der Waals surface area (Å²) in [5, 5.41) is 3.31. The molecule has 0 atom stereocenters. The number of aromatic nitrogens is 4. The molecule has 1 aliphatic rings. The molecule has 1 aromatic carbocycles. The lowest BCUT2D eigenvalue weighted by Crippen LogP contribution is -2.35. The van der Waals surface area contributed by atoms with Crippen molar-refractivity contribution >= 4 is 23.2 Å². The zero-order valence-electron chi connectivity index (χ0n) is 18.9. The zero-order valence-corrected chi connectivity index (χ0v) is 19.7. The number of halogens is 2. The van der Waals surface area contributed by atoms with Gasteiger partial charge in [-0.1, -0.05) is 25.4 Å². The molecule has 4 rings (SSSR count). The Morgan fingerprint density at radius 3 is 2.62 bits per heavy atom. The summed E-state index contributed by atoms with van der Waals surface area (Å²) in [6.45, 7) is 7.07. The second kappa shape index (κ2) is 9.86. The molecule has 0 aliphatic carbocycles. The van der Waals surface area contributed by atoms with E-state index in [0.29, 0.717) is 5.92 Å². The van der Waals surface area contributed by atoms with Gasteiger partial charge in [0.15, 0.2) is 0 Å². The molecule has 32 heavy (non-hydrogen) atoms. The number of anilines is 2. The summed E-state index contributed by atoms with van der Waals surface area (Å²) in [5.41, 5.74) is 2.86. The van der Waals surface area contributed by atoms with Crippen molar-refractivity contribution in [1.29, 1.82) is 0 Å². The third kappa shape index (κ3) is 4.44. The number of hydrogen-bond donors (Lipinski definition) is 1. The Balaban J connectivity index is 1.56. The Morgan fingerprint density at radius 1 is 1.19 bits per heavy atom. The molecule has 1 fully saturated rings. The van der Waals surface area contributed by atoms with Gasteiger partial charge in [-0.3, -0.25) is 0 Å². The summed E-state index contributed by atoms with van der Waals surface area (Å²) in [6.07, 6.45) is 7.64. The molecule has 0 spiro atoms. The van der Waals surface area contributed by atoms with E-state index in [9.17, 15) is 4.39 Å². The van der Waals surface area contributed by atoms with Gasteiger partial charge in [-0.05, 0) is 43.9 Å². The number of aryl methyl sites for hydroxylation is 1. The number of benzene rings is 1. The lowest BCUT2D eigenvalue weighted by molar-refractivity contribution is 0.461. The minimum absolute atomic E-state index is 0.125. The Labute approximate surface area is 193 Å². The van der Waals surface area contributed by atoms with E-state index in [1.807, 2.05) is 7.05 Å². The van der Waals surface area contributed by atoms with Crippen LogP contribution in [0, 0.1) is 5.82 Å². The van der Waals surface area contributed by atoms with Gasteiger partial charge in [-0.25, -0.2) is 19.3 Å². The predicted molar refractivity (Wildman–Crippen MR) is 128 cm³/mol. The lowest BCUT2D eigenvalue weighted by Gasteiger charge is -2.34. The summed E-state index contributed by atoms with van der Waals surface area (Å²) >= 11 is 6.01. The highest BCUT2D eigenvalue weighted by atomic mass is 35.5. The van der Waals surface area contributed by atoms with Gasteiger partial charge in [0, 0.05) is 49.9 Å². The van der Waals surface area contributed by atoms with E-state index in [1.54, 1.807) is 18.5 Å². The lowest BCUT2D eigenvalue weighted by atomic mass is 9.95. The molecular formula is C24H30ClFN6. The average Bonchev–Trinajstić information content (AvgIpc) is 3.24. The second-order valence-corrected chi connectivity index (χ2v) is 8.60. The maximum absolute atomic E-state index is 13.6. The summed E-state index contributed by atoms with van der Waals surface area (Å²) in [7, 11) is 1.90. The zero-order chi connectivity index (χ0) is 22.7. The SMILES string of the molecule is CCCn1cc(-c2ccc(F)c(Cl)c2)nc1C1CCN(c2ncnc(NC)c2CC)CC1. The third-order valence-electron chi connectivity index (χ3n) is 6.16. The molecule has 3 aromatic rings. The number of nitrogens with one attached hydrogen (secondary N) is 1. The molecular weight excluding hydrogens is 427 g/mol. The van der Waals surface area contributed by atoms with Crippen molar-refractivity contribution in [2.24, 2.45) is 0 Å². The largest absolute Gasteiger partial charge is 0.373 e. The van der Waals surface area contributed by atoms with Gasteiger partial charge in [0.25, 0.3) is 0 Å². The smallest absolute Gasteiger partial charge is 0.141 e. The molecule has 0 amide bonds. The fourth-order valence-electron chi connectivity index (χ4n) is 4.54. The van der Waals surface area contributed by atoms with E-state index < -0.39 is 5.82 Å². The monoisotopic (exact) mass is 456 g/mol. The van der Waals surface area contributed by atoms with Crippen LogP contribution in [-0.2, 0) is 13.0 Å². The van der Waals surface area contributed by atoms with Crippen LogP contribution in [0.1, 0.15) is 50.4 Å². The van der Waals surface area contributed by atoms with E-state index >= 15 is 0 Å². The van der Waals surface area contributed by atoms with Crippen LogP contribution >= 0.6 is 11.6 Å². The molecule has 0 radical (unpaired) electrons. The van der Waals surface area contributed by atoms with Crippen molar-refractivity contribution in [3.8, 4) is 11.3 Å². The molecule has 2 aromatic heterocycles. The van der Waals surface area contributed by atoms with Gasteiger partial charge in [0.2, 0.25) is 0 Å². The van der Waals surface area contributed by atoms with Gasteiger partial charge < -0.3 is 14.8 Å². The molecule has 0 unspecified atom stereocenters. The van der Waals surface area contributed by atoms with Crippen LogP contribution in [0.3, 0.4) is 0 Å². The number of nitrogens with zero attached hydrogens (tertiary/aromatic N) is 5. The van der Waals surface area contributed by atoms with Crippen molar-refractivity contribution in [1.82, 2.24) is 19.5 Å². The van der Waals surface area contributed by atoms with Crippen LogP contribution in [0.25, 0.3) is 11.3 Å². The van der Waals surface area contributed by atoms with Gasteiger partial charge >= 0.3 is 0 Å². The molecule has 0 bridgehead atoms. The fraction of sp³-hybridized carbons (Fsp3) is 0.458. The van der Waals surface area contributed by atoms with Crippen LogP contribution in [0.4, 0.5) is 16.0 Å². The van der Waals surface area contributed by atoms with Crippen molar-refractivity contribution in [2.45, 2.75) is 52.0 Å². The molecule has 1 saturated heterocycles. The molecule has 170 valence electrons. The second-order valence-electron chi connectivity index (χ2n) is 8.20. The van der Waals surface area contributed by atoms with Crippen molar-refractivity contribution in [3.05, 3.63) is 53.0 Å². The topological polar surface area (TPSA) is 58.9 Å². The van der Waals surface area contributed by atoms with E-state index in [4.69, 9.17) is 16.6 Å². The number of rotatable bonds is 7. The first-order valence-electron chi connectivity index (χ1n) is 11.3. The first-order chi connectivity index (χ1) is 15.5. The third-order valence-corrected chi connectivity index (χ3v) is 6.45. The Hall–Kier alpha value is -2.67. The summed E-state index contributed by atoms with van der Waals surface area (Å²) in [4.78, 5) is 16.3. The Morgan fingerprint density at radius 2 is 1.97 bits per heavy atom. The van der Waals surface area contributed by atoms with Crippen molar-refractivity contribution in [2.75, 3.05) is 30.4 Å². The van der Waals surface area contributed by atoms with Crippen LogP contribution in [-0.4, -0.2) is 39.7 Å². The highest BCUT2D eigenvalue weighted by Gasteiger charge is 2.27. The minimum Gasteiger partial charge on any atom is -0.373 e. The van der Waals surface area contributed by atoms with Gasteiger partial charge in [0.05, 0.1) is 10.7 Å². The van der Waals surface area contributed by atoms with Gasteiger partial charge in [-0.15, -0.1) is 0 Å². The van der Waals surface area contributed by atoms with Crippen LogP contribution in [0.5, 0.6) is 0 Å². The molecule has 8 heteroatoms. The van der Waals surface area contributed by atoms with Crippen LogP contribution in [0.15, 0.2) is 30.7 Å². The maximum atomic E-state index is 13.6. The molecule has 1 N–H and O–H groups in total. The highest BCUT2D eigenvalue weighted by Crippen LogP contribution is 2.34. The normalized spacial score (nSPS) is 14.7. The molecule has 3 heterocycles. The fourth-order valence-corrected chi connectivity index (χ4v) is 4.72. The summed E-state index contributed by atoms with van der Waals surface area (Å²) in [5.74, 6) is 3.01. The van der Waals surface area contributed by atoms with Gasteiger partial charge in [-0.2, -0.15) is 0 Å². The number of piperidine rings is 1. The van der Waals surface area contributed by atoms with Crippen LogP contribution < -0.4 is 10.2 Å². The number of hydrogen-bond acceptors (Lipinski definition) is 5. The van der Waals surface area contributed by atoms with Crippen molar-refractivity contribution < 1.29 is 4.39 Å². The summed E-state index contributed by atoms with van der Waals surface area (Å²) < 4.78 is 15.9. The number of imidazole rings is 1.